The lowest BCUT2D eigenvalue weighted by Gasteiger charge is -2.04. The number of methoxy groups -OCH3 is 1. The second-order valence-electron chi connectivity index (χ2n) is 4.97. The highest BCUT2D eigenvalue weighted by Gasteiger charge is 2.14. The van der Waals surface area contributed by atoms with Crippen molar-refractivity contribution in [2.45, 2.75) is 27.2 Å². The van der Waals surface area contributed by atoms with Gasteiger partial charge in [-0.3, -0.25) is 9.89 Å². The second-order valence-corrected chi connectivity index (χ2v) is 4.97. The molecule has 25 heavy (non-hydrogen) atoms. The Bertz CT molecular complexity index is 825. The number of carbonyl (C=O) groups excluding carboxylic acids is 1. The molecule has 0 aromatic carbocycles. The molecule has 3 heterocycles. The molecular weight excluding hydrogens is 322 g/mol. The Hall–Kier alpha value is -2.81. The van der Waals surface area contributed by atoms with Crippen LogP contribution in [0.2, 0.25) is 0 Å². The molecule has 3 rings (SSSR count). The van der Waals surface area contributed by atoms with Crippen LogP contribution < -0.4 is 5.32 Å². The number of hydrogen-bond acceptors (Lipinski definition) is 6. The third-order valence-electron chi connectivity index (χ3n) is 3.25. The van der Waals surface area contributed by atoms with Gasteiger partial charge in [-0.1, -0.05) is 13.8 Å². The van der Waals surface area contributed by atoms with Crippen LogP contribution in [0.4, 0.5) is 0 Å². The number of nitrogens with one attached hydrogen (secondary N) is 2. The molecule has 0 aliphatic heterocycles. The minimum Gasteiger partial charge on any atom is -0.385 e. The second kappa shape index (κ2) is 8.88. The van der Waals surface area contributed by atoms with E-state index in [2.05, 4.69) is 30.6 Å². The van der Waals surface area contributed by atoms with Crippen LogP contribution in [0.15, 0.2) is 18.5 Å². The lowest BCUT2D eigenvalue weighted by Crippen LogP contribution is -2.25. The zero-order valence-electron chi connectivity index (χ0n) is 14.9. The third kappa shape index (κ3) is 4.38. The van der Waals surface area contributed by atoms with Crippen LogP contribution >= 0.6 is 0 Å². The molecule has 3 aromatic rings. The van der Waals surface area contributed by atoms with Gasteiger partial charge in [0, 0.05) is 26.5 Å². The summed E-state index contributed by atoms with van der Waals surface area (Å²) in [6.45, 7) is 6.93. The molecule has 0 radical (unpaired) electrons. The number of H-pyrrole nitrogens is 1. The van der Waals surface area contributed by atoms with Gasteiger partial charge in [0.1, 0.15) is 5.82 Å². The Morgan fingerprint density at radius 1 is 1.36 bits per heavy atom. The van der Waals surface area contributed by atoms with Crippen molar-refractivity contribution in [3.63, 3.8) is 0 Å². The summed E-state index contributed by atoms with van der Waals surface area (Å²) in [6.07, 6.45) is 4.08. The quantitative estimate of drug-likeness (QED) is 0.657. The number of aryl methyl sites for hydroxylation is 1. The van der Waals surface area contributed by atoms with Crippen molar-refractivity contribution in [2.24, 2.45) is 0 Å². The zero-order valence-corrected chi connectivity index (χ0v) is 14.9. The molecule has 2 N–H and O–H groups in total. The Morgan fingerprint density at radius 2 is 2.16 bits per heavy atom. The van der Waals surface area contributed by atoms with E-state index in [4.69, 9.17) is 4.74 Å². The van der Waals surface area contributed by atoms with Gasteiger partial charge in [0.25, 0.3) is 5.91 Å². The lowest BCUT2D eigenvalue weighted by atomic mass is 10.4. The zero-order chi connectivity index (χ0) is 18.2. The smallest absolute Gasteiger partial charge is 0.271 e. The van der Waals surface area contributed by atoms with Crippen molar-refractivity contribution in [1.29, 1.82) is 0 Å². The SMILES string of the molecule is CC.COCCCNC(=O)c1ccn(-c2nc(C)nc3[nH]ncc23)n1. The fourth-order valence-electron chi connectivity index (χ4n) is 2.18. The van der Waals surface area contributed by atoms with Gasteiger partial charge in [0.2, 0.25) is 0 Å². The number of aromatic amines is 1. The largest absolute Gasteiger partial charge is 0.385 e. The van der Waals surface area contributed by atoms with Crippen molar-refractivity contribution in [1.82, 2.24) is 35.3 Å². The Morgan fingerprint density at radius 3 is 2.92 bits per heavy atom. The monoisotopic (exact) mass is 345 g/mol. The van der Waals surface area contributed by atoms with E-state index in [1.54, 1.807) is 37.2 Å². The van der Waals surface area contributed by atoms with E-state index in [0.29, 0.717) is 36.1 Å². The van der Waals surface area contributed by atoms with Crippen molar-refractivity contribution in [2.75, 3.05) is 20.3 Å². The topological polar surface area (TPSA) is 111 Å². The first-order valence-corrected chi connectivity index (χ1v) is 8.20. The number of carbonyl (C=O) groups is 1. The predicted molar refractivity (Wildman–Crippen MR) is 93.7 cm³/mol. The first-order valence-electron chi connectivity index (χ1n) is 8.20. The molecule has 0 unspecified atom stereocenters. The summed E-state index contributed by atoms with van der Waals surface area (Å²) < 4.78 is 6.49. The van der Waals surface area contributed by atoms with Crippen LogP contribution in [-0.2, 0) is 4.74 Å². The summed E-state index contributed by atoms with van der Waals surface area (Å²) in [5.41, 5.74) is 0.962. The molecule has 0 aliphatic carbocycles. The average Bonchev–Trinajstić information content (AvgIpc) is 3.28. The van der Waals surface area contributed by atoms with Crippen molar-refractivity contribution in [3.05, 3.63) is 30.0 Å². The average molecular weight is 345 g/mol. The summed E-state index contributed by atoms with van der Waals surface area (Å²) in [5, 5.41) is 14.6. The molecule has 0 saturated heterocycles. The van der Waals surface area contributed by atoms with Crippen LogP contribution in [0, 0.1) is 6.92 Å². The fraction of sp³-hybridized carbons (Fsp3) is 0.438. The summed E-state index contributed by atoms with van der Waals surface area (Å²) in [5.74, 6) is 0.951. The van der Waals surface area contributed by atoms with Gasteiger partial charge < -0.3 is 10.1 Å². The number of ether oxygens (including phenoxy) is 1. The predicted octanol–water partition coefficient (Wildman–Crippen LogP) is 1.64. The molecule has 9 nitrogen and oxygen atoms in total. The van der Waals surface area contributed by atoms with E-state index in [9.17, 15) is 4.79 Å². The van der Waals surface area contributed by atoms with Gasteiger partial charge >= 0.3 is 0 Å². The summed E-state index contributed by atoms with van der Waals surface area (Å²) in [7, 11) is 1.63. The number of fused-ring (bicyclic) bond motifs is 1. The molecule has 0 aliphatic rings. The van der Waals surface area contributed by atoms with Crippen LogP contribution in [0.3, 0.4) is 0 Å². The minimum atomic E-state index is -0.228. The van der Waals surface area contributed by atoms with Crippen LogP contribution in [0.1, 0.15) is 36.6 Å². The van der Waals surface area contributed by atoms with Gasteiger partial charge in [-0.2, -0.15) is 10.2 Å². The molecule has 9 heteroatoms. The summed E-state index contributed by atoms with van der Waals surface area (Å²) in [6, 6.07) is 1.65. The number of nitrogens with zero attached hydrogens (tertiary/aromatic N) is 5. The van der Waals surface area contributed by atoms with Gasteiger partial charge in [-0.15, -0.1) is 0 Å². The maximum atomic E-state index is 12.1. The molecule has 134 valence electrons. The number of hydrogen-bond donors (Lipinski definition) is 2. The standard InChI is InChI=1S/C14H17N7O2.C2H6/c1-9-17-12-10(8-16-19-12)13(18-9)21-6-4-11(20-21)14(22)15-5-3-7-23-2;1-2/h4,6,8H,3,5,7H2,1-2H3,(H,15,22)(H,16,17,18,19);1-2H3. The van der Waals surface area contributed by atoms with E-state index >= 15 is 0 Å². The number of aromatic nitrogens is 6. The fourth-order valence-corrected chi connectivity index (χ4v) is 2.18. The van der Waals surface area contributed by atoms with E-state index in [1.165, 1.54) is 0 Å². The molecule has 1 amide bonds. The first-order chi connectivity index (χ1) is 12.2. The highest BCUT2D eigenvalue weighted by atomic mass is 16.5. The number of rotatable bonds is 6. The van der Waals surface area contributed by atoms with E-state index in [0.717, 1.165) is 11.8 Å². The molecular formula is C16H23N7O2. The van der Waals surface area contributed by atoms with Crippen molar-refractivity contribution >= 4 is 16.9 Å². The van der Waals surface area contributed by atoms with E-state index in [-0.39, 0.29) is 5.91 Å². The Labute approximate surface area is 145 Å². The molecule has 0 spiro atoms. The van der Waals surface area contributed by atoms with Gasteiger partial charge in [0.05, 0.1) is 11.6 Å². The van der Waals surface area contributed by atoms with Crippen LogP contribution in [0.25, 0.3) is 16.9 Å². The Kier molecular flexibility index (Phi) is 6.58. The lowest BCUT2D eigenvalue weighted by molar-refractivity contribution is 0.0943. The molecule has 3 aromatic heterocycles. The number of amides is 1. The molecule has 0 bridgehead atoms. The van der Waals surface area contributed by atoms with Crippen molar-refractivity contribution in [3.8, 4) is 5.82 Å². The van der Waals surface area contributed by atoms with Crippen molar-refractivity contribution < 1.29 is 9.53 Å². The van der Waals surface area contributed by atoms with E-state index in [1.807, 2.05) is 13.8 Å². The Balaban J connectivity index is 0.00000109. The summed E-state index contributed by atoms with van der Waals surface area (Å²) in [4.78, 5) is 20.7. The maximum absolute atomic E-state index is 12.1. The van der Waals surface area contributed by atoms with Crippen LogP contribution in [0.5, 0.6) is 0 Å². The van der Waals surface area contributed by atoms with E-state index < -0.39 is 0 Å². The highest BCUT2D eigenvalue weighted by molar-refractivity contribution is 5.92. The normalized spacial score (nSPS) is 10.4. The molecule has 0 fully saturated rings. The first kappa shape index (κ1) is 18.5. The summed E-state index contributed by atoms with van der Waals surface area (Å²) >= 11 is 0. The van der Waals surface area contributed by atoms with Crippen LogP contribution in [-0.4, -0.2) is 56.1 Å². The van der Waals surface area contributed by atoms with Gasteiger partial charge in [0.15, 0.2) is 17.2 Å². The van der Waals surface area contributed by atoms with Gasteiger partial charge in [-0.25, -0.2) is 14.6 Å². The highest BCUT2D eigenvalue weighted by Crippen LogP contribution is 2.16. The third-order valence-corrected chi connectivity index (χ3v) is 3.25. The van der Waals surface area contributed by atoms with Gasteiger partial charge in [-0.05, 0) is 19.4 Å². The maximum Gasteiger partial charge on any atom is 0.271 e. The molecule has 0 atom stereocenters. The molecule has 0 saturated carbocycles. The minimum absolute atomic E-state index is 0.228.